The van der Waals surface area contributed by atoms with Gasteiger partial charge in [-0.2, -0.15) is 5.10 Å². The molecule has 0 aromatic carbocycles. The molecule has 2 heteroatoms. The van der Waals surface area contributed by atoms with Crippen LogP contribution in [0.1, 0.15) is 40.2 Å². The smallest absolute Gasteiger partial charge is 0.0518 e. The second kappa shape index (κ2) is 5.05. The van der Waals surface area contributed by atoms with Gasteiger partial charge in [0, 0.05) is 12.7 Å². The topological polar surface area (TPSA) is 17.8 Å². The molecule has 13 heavy (non-hydrogen) atoms. The van der Waals surface area contributed by atoms with Crippen LogP contribution in [0.25, 0.3) is 0 Å². The van der Waals surface area contributed by atoms with Crippen LogP contribution < -0.4 is 0 Å². The molecule has 0 aliphatic carbocycles. The molecule has 0 saturated heterocycles. The van der Waals surface area contributed by atoms with Crippen LogP contribution in [-0.4, -0.2) is 9.78 Å². The molecule has 0 unspecified atom stereocenters. The average molecular weight is 182 g/mol. The maximum Gasteiger partial charge on any atom is 0.0518 e. The Balaban J connectivity index is 0.000000671. The van der Waals surface area contributed by atoms with Crippen LogP contribution in [0.15, 0.2) is 12.4 Å². The Labute approximate surface area is 82.0 Å². The predicted molar refractivity (Wildman–Crippen MR) is 57.8 cm³/mol. The summed E-state index contributed by atoms with van der Waals surface area (Å²) >= 11 is 0. The van der Waals surface area contributed by atoms with E-state index in [0.29, 0.717) is 5.41 Å². The van der Waals surface area contributed by atoms with Crippen molar-refractivity contribution in [3.63, 3.8) is 0 Å². The summed E-state index contributed by atoms with van der Waals surface area (Å²) in [5, 5.41) is 4.22. The quantitative estimate of drug-likeness (QED) is 0.652. The van der Waals surface area contributed by atoms with Gasteiger partial charge >= 0.3 is 0 Å². The molecule has 1 aromatic rings. The first kappa shape index (κ1) is 12.2. The first-order chi connectivity index (χ1) is 5.97. The molecule has 0 bridgehead atoms. The zero-order chi connectivity index (χ0) is 10.5. The van der Waals surface area contributed by atoms with Crippen LogP contribution in [0, 0.1) is 12.3 Å². The van der Waals surface area contributed by atoms with Gasteiger partial charge < -0.3 is 0 Å². The molecule has 0 spiro atoms. The summed E-state index contributed by atoms with van der Waals surface area (Å²) < 4.78 is 2.00. The third-order valence-corrected chi connectivity index (χ3v) is 1.40. The fraction of sp³-hybridized carbons (Fsp3) is 0.727. The molecule has 0 saturated carbocycles. The van der Waals surface area contributed by atoms with Crippen molar-refractivity contribution in [2.75, 3.05) is 0 Å². The second-order valence-corrected chi connectivity index (χ2v) is 4.28. The van der Waals surface area contributed by atoms with Crippen molar-refractivity contribution in [1.29, 1.82) is 0 Å². The number of hydrogen-bond donors (Lipinski definition) is 0. The Morgan fingerprint density at radius 2 is 1.85 bits per heavy atom. The SMILES string of the molecule is CC.Cc1cnn(CC(C)(C)C)c1. The van der Waals surface area contributed by atoms with Gasteiger partial charge in [-0.1, -0.05) is 34.6 Å². The molecule has 0 atom stereocenters. The molecular weight excluding hydrogens is 160 g/mol. The Bertz CT molecular complexity index is 230. The zero-order valence-electron chi connectivity index (χ0n) is 9.76. The van der Waals surface area contributed by atoms with Crippen LogP contribution in [0.3, 0.4) is 0 Å². The normalized spacial score (nSPS) is 10.6. The summed E-state index contributed by atoms with van der Waals surface area (Å²) in [6.45, 7) is 13.7. The highest BCUT2D eigenvalue weighted by Gasteiger charge is 2.10. The van der Waals surface area contributed by atoms with Crippen molar-refractivity contribution >= 4 is 0 Å². The largest absolute Gasteiger partial charge is 0.272 e. The number of nitrogens with zero attached hydrogens (tertiary/aromatic N) is 2. The van der Waals surface area contributed by atoms with Crippen molar-refractivity contribution in [3.05, 3.63) is 18.0 Å². The van der Waals surface area contributed by atoms with Crippen molar-refractivity contribution < 1.29 is 0 Å². The first-order valence-corrected chi connectivity index (χ1v) is 4.96. The van der Waals surface area contributed by atoms with Gasteiger partial charge in [0.25, 0.3) is 0 Å². The summed E-state index contributed by atoms with van der Waals surface area (Å²) in [6.07, 6.45) is 3.97. The van der Waals surface area contributed by atoms with E-state index in [-0.39, 0.29) is 0 Å². The van der Waals surface area contributed by atoms with Crippen LogP contribution in [-0.2, 0) is 6.54 Å². The number of hydrogen-bond acceptors (Lipinski definition) is 1. The summed E-state index contributed by atoms with van der Waals surface area (Å²) in [4.78, 5) is 0. The minimum absolute atomic E-state index is 0.318. The van der Waals surface area contributed by atoms with E-state index in [2.05, 4.69) is 39.0 Å². The molecule has 0 fully saturated rings. The van der Waals surface area contributed by atoms with Gasteiger partial charge in [0.05, 0.1) is 6.20 Å². The Morgan fingerprint density at radius 1 is 1.31 bits per heavy atom. The van der Waals surface area contributed by atoms with E-state index in [1.165, 1.54) is 5.56 Å². The minimum atomic E-state index is 0.318. The van der Waals surface area contributed by atoms with E-state index in [4.69, 9.17) is 0 Å². The zero-order valence-corrected chi connectivity index (χ0v) is 9.76. The molecule has 0 N–H and O–H groups in total. The fourth-order valence-electron chi connectivity index (χ4n) is 1.04. The van der Waals surface area contributed by atoms with Gasteiger partial charge in [-0.05, 0) is 17.9 Å². The van der Waals surface area contributed by atoms with E-state index in [9.17, 15) is 0 Å². The van der Waals surface area contributed by atoms with Gasteiger partial charge in [0.2, 0.25) is 0 Å². The highest BCUT2D eigenvalue weighted by atomic mass is 15.3. The van der Waals surface area contributed by atoms with Crippen LogP contribution in [0.4, 0.5) is 0 Å². The van der Waals surface area contributed by atoms with Crippen LogP contribution in [0.5, 0.6) is 0 Å². The Kier molecular flexibility index (Phi) is 4.74. The third-order valence-electron chi connectivity index (χ3n) is 1.40. The van der Waals surface area contributed by atoms with Crippen molar-refractivity contribution in [2.24, 2.45) is 5.41 Å². The lowest BCUT2D eigenvalue weighted by Gasteiger charge is -2.17. The van der Waals surface area contributed by atoms with Crippen molar-refractivity contribution in [3.8, 4) is 0 Å². The summed E-state index contributed by atoms with van der Waals surface area (Å²) in [6, 6.07) is 0. The number of aromatic nitrogens is 2. The fourth-order valence-corrected chi connectivity index (χ4v) is 1.04. The Morgan fingerprint density at radius 3 is 2.15 bits per heavy atom. The van der Waals surface area contributed by atoms with Crippen LogP contribution >= 0.6 is 0 Å². The van der Waals surface area contributed by atoms with E-state index < -0.39 is 0 Å². The highest BCUT2D eigenvalue weighted by Crippen LogP contribution is 2.15. The third kappa shape index (κ3) is 5.45. The van der Waals surface area contributed by atoms with Gasteiger partial charge in [-0.25, -0.2) is 0 Å². The average Bonchev–Trinajstić information content (AvgIpc) is 2.36. The standard InChI is InChI=1S/C9H16N2.C2H6/c1-8-5-10-11(6-8)7-9(2,3)4;1-2/h5-6H,7H2,1-4H3;1-2H3. The maximum atomic E-state index is 4.22. The molecule has 1 rings (SSSR count). The lowest BCUT2D eigenvalue weighted by molar-refractivity contribution is 0.325. The monoisotopic (exact) mass is 182 g/mol. The molecular formula is C11H22N2. The number of aryl methyl sites for hydroxylation is 1. The molecule has 76 valence electrons. The molecule has 0 amide bonds. The molecule has 0 aliphatic rings. The summed E-state index contributed by atoms with van der Waals surface area (Å²) in [7, 11) is 0. The van der Waals surface area contributed by atoms with Gasteiger partial charge in [-0.3, -0.25) is 4.68 Å². The van der Waals surface area contributed by atoms with Gasteiger partial charge in [0.15, 0.2) is 0 Å². The molecule has 2 nitrogen and oxygen atoms in total. The van der Waals surface area contributed by atoms with Gasteiger partial charge in [0.1, 0.15) is 0 Å². The van der Waals surface area contributed by atoms with Crippen LogP contribution in [0.2, 0.25) is 0 Å². The second-order valence-electron chi connectivity index (χ2n) is 4.28. The molecule has 0 aliphatic heterocycles. The van der Waals surface area contributed by atoms with Crippen molar-refractivity contribution in [2.45, 2.75) is 48.1 Å². The van der Waals surface area contributed by atoms with E-state index >= 15 is 0 Å². The van der Waals surface area contributed by atoms with E-state index in [1.807, 2.05) is 24.7 Å². The van der Waals surface area contributed by atoms with Crippen molar-refractivity contribution in [1.82, 2.24) is 9.78 Å². The molecule has 1 heterocycles. The number of rotatable bonds is 1. The predicted octanol–water partition coefficient (Wildman–Crippen LogP) is 3.26. The lowest BCUT2D eigenvalue weighted by atomic mass is 9.97. The summed E-state index contributed by atoms with van der Waals surface area (Å²) in [5.74, 6) is 0. The first-order valence-electron chi connectivity index (χ1n) is 4.96. The molecule has 1 aromatic heterocycles. The van der Waals surface area contributed by atoms with Gasteiger partial charge in [-0.15, -0.1) is 0 Å². The molecule has 0 radical (unpaired) electrons. The lowest BCUT2D eigenvalue weighted by Crippen LogP contribution is -2.15. The highest BCUT2D eigenvalue weighted by molar-refractivity contribution is 4.99. The van der Waals surface area contributed by atoms with E-state index in [1.54, 1.807) is 0 Å². The Hall–Kier alpha value is -0.790. The minimum Gasteiger partial charge on any atom is -0.272 e. The van der Waals surface area contributed by atoms with E-state index in [0.717, 1.165) is 6.54 Å². The maximum absolute atomic E-state index is 4.22. The summed E-state index contributed by atoms with van der Waals surface area (Å²) in [5.41, 5.74) is 1.55.